The molecule has 3 N–H and O–H groups in total. The number of aromatic nitrogens is 2. The number of para-hydroxylation sites is 1. The van der Waals surface area contributed by atoms with Gasteiger partial charge in [-0.3, -0.25) is 0 Å². The number of hydrogen-bond acceptors (Lipinski definition) is 7. The van der Waals surface area contributed by atoms with E-state index in [1.165, 1.54) is 6.33 Å². The maximum absolute atomic E-state index is 12.1. The molecule has 7 nitrogen and oxygen atoms in total. The SMILES string of the molecule is CCOC(=O)c1ccccc1Nc1ncnc(Oc2ccc(Cl)c(C)c2)c1N. The minimum absolute atomic E-state index is 0.188. The van der Waals surface area contributed by atoms with Crippen LogP contribution in [0.15, 0.2) is 48.8 Å². The van der Waals surface area contributed by atoms with Gasteiger partial charge in [0.2, 0.25) is 5.88 Å². The molecule has 3 rings (SSSR count). The lowest BCUT2D eigenvalue weighted by Gasteiger charge is -2.14. The van der Waals surface area contributed by atoms with E-state index in [1.807, 2.05) is 6.92 Å². The van der Waals surface area contributed by atoms with Crippen molar-refractivity contribution in [2.24, 2.45) is 0 Å². The van der Waals surface area contributed by atoms with Crippen LogP contribution in [-0.4, -0.2) is 22.5 Å². The molecule has 3 aromatic rings. The highest BCUT2D eigenvalue weighted by atomic mass is 35.5. The number of carbonyl (C=O) groups excluding carboxylic acids is 1. The summed E-state index contributed by atoms with van der Waals surface area (Å²) in [5.41, 5.74) is 8.14. The Bertz CT molecular complexity index is 1010. The van der Waals surface area contributed by atoms with E-state index in [1.54, 1.807) is 49.4 Å². The number of rotatable bonds is 6. The van der Waals surface area contributed by atoms with Crippen molar-refractivity contribution in [1.82, 2.24) is 9.97 Å². The van der Waals surface area contributed by atoms with Gasteiger partial charge in [0, 0.05) is 5.02 Å². The fourth-order valence-corrected chi connectivity index (χ4v) is 2.58. The van der Waals surface area contributed by atoms with Gasteiger partial charge in [-0.2, -0.15) is 4.98 Å². The molecular weight excluding hydrogens is 380 g/mol. The van der Waals surface area contributed by atoms with E-state index in [0.29, 0.717) is 27.8 Å². The summed E-state index contributed by atoms with van der Waals surface area (Å²) in [5.74, 6) is 0.608. The number of nitrogens with zero attached hydrogens (tertiary/aromatic N) is 2. The van der Waals surface area contributed by atoms with Crippen LogP contribution in [0.25, 0.3) is 0 Å². The molecular formula is C20H19ClN4O3. The van der Waals surface area contributed by atoms with E-state index in [4.69, 9.17) is 26.8 Å². The standard InChI is InChI=1S/C20H19ClN4O3/c1-3-27-20(26)14-6-4-5-7-16(14)25-18-17(22)19(24-11-23-18)28-13-8-9-15(21)12(2)10-13/h4-11H,3,22H2,1-2H3,(H,23,24,25). The highest BCUT2D eigenvalue weighted by Gasteiger charge is 2.16. The Labute approximate surface area is 167 Å². The number of hydrogen-bond donors (Lipinski definition) is 2. The molecule has 2 aromatic carbocycles. The van der Waals surface area contributed by atoms with Gasteiger partial charge < -0.3 is 20.5 Å². The smallest absolute Gasteiger partial charge is 0.340 e. The second-order valence-electron chi connectivity index (χ2n) is 5.85. The number of nitrogens with two attached hydrogens (primary N) is 1. The van der Waals surface area contributed by atoms with Crippen molar-refractivity contribution < 1.29 is 14.3 Å². The van der Waals surface area contributed by atoms with Gasteiger partial charge in [-0.05, 0) is 49.7 Å². The van der Waals surface area contributed by atoms with Crippen LogP contribution in [0.3, 0.4) is 0 Å². The molecule has 0 saturated heterocycles. The van der Waals surface area contributed by atoms with E-state index >= 15 is 0 Å². The molecule has 0 radical (unpaired) electrons. The molecule has 0 spiro atoms. The summed E-state index contributed by atoms with van der Waals surface area (Å²) in [6.45, 7) is 3.90. The van der Waals surface area contributed by atoms with Crippen molar-refractivity contribution in [3.05, 3.63) is 64.9 Å². The largest absolute Gasteiger partial charge is 0.462 e. The maximum Gasteiger partial charge on any atom is 0.340 e. The van der Waals surface area contributed by atoms with Gasteiger partial charge in [0.05, 0.1) is 17.9 Å². The molecule has 1 heterocycles. The van der Waals surface area contributed by atoms with Gasteiger partial charge >= 0.3 is 5.97 Å². The lowest BCUT2D eigenvalue weighted by atomic mass is 10.2. The predicted octanol–water partition coefficient (Wildman–Crippen LogP) is 4.73. The highest BCUT2D eigenvalue weighted by Crippen LogP contribution is 2.33. The van der Waals surface area contributed by atoms with Crippen LogP contribution in [0.2, 0.25) is 5.02 Å². The highest BCUT2D eigenvalue weighted by molar-refractivity contribution is 6.31. The van der Waals surface area contributed by atoms with Gasteiger partial charge in [-0.15, -0.1) is 0 Å². The van der Waals surface area contributed by atoms with Crippen LogP contribution < -0.4 is 15.8 Å². The maximum atomic E-state index is 12.1. The first-order chi connectivity index (χ1) is 13.5. The number of ether oxygens (including phenoxy) is 2. The number of nitrogen functional groups attached to an aromatic ring is 1. The number of nitrogens with one attached hydrogen (secondary N) is 1. The van der Waals surface area contributed by atoms with Crippen LogP contribution >= 0.6 is 11.6 Å². The Kier molecular flexibility index (Phi) is 5.96. The molecule has 0 amide bonds. The van der Waals surface area contributed by atoms with Gasteiger partial charge in [-0.25, -0.2) is 9.78 Å². The fourth-order valence-electron chi connectivity index (χ4n) is 2.46. The number of halogens is 1. The number of benzene rings is 2. The summed E-state index contributed by atoms with van der Waals surface area (Å²) < 4.78 is 10.9. The lowest BCUT2D eigenvalue weighted by molar-refractivity contribution is 0.0527. The Morgan fingerprint density at radius 1 is 1.21 bits per heavy atom. The minimum Gasteiger partial charge on any atom is -0.462 e. The van der Waals surface area contributed by atoms with Crippen molar-refractivity contribution in [3.63, 3.8) is 0 Å². The van der Waals surface area contributed by atoms with Crippen LogP contribution in [0.4, 0.5) is 17.2 Å². The van der Waals surface area contributed by atoms with Gasteiger partial charge in [0.15, 0.2) is 5.82 Å². The first kappa shape index (κ1) is 19.4. The van der Waals surface area contributed by atoms with E-state index in [-0.39, 0.29) is 18.2 Å². The van der Waals surface area contributed by atoms with E-state index in [2.05, 4.69) is 15.3 Å². The summed E-state index contributed by atoms with van der Waals surface area (Å²) in [6.07, 6.45) is 1.32. The molecule has 0 atom stereocenters. The monoisotopic (exact) mass is 398 g/mol. The molecule has 0 aliphatic rings. The first-order valence-electron chi connectivity index (χ1n) is 8.57. The molecule has 8 heteroatoms. The Hall–Kier alpha value is -3.32. The second kappa shape index (κ2) is 8.58. The molecule has 0 aliphatic carbocycles. The van der Waals surface area contributed by atoms with E-state index < -0.39 is 5.97 Å². The molecule has 1 aromatic heterocycles. The van der Waals surface area contributed by atoms with Crippen molar-refractivity contribution in [2.45, 2.75) is 13.8 Å². The van der Waals surface area contributed by atoms with E-state index in [0.717, 1.165) is 5.56 Å². The zero-order chi connectivity index (χ0) is 20.1. The summed E-state index contributed by atoms with van der Waals surface area (Å²) in [4.78, 5) is 20.4. The quantitative estimate of drug-likeness (QED) is 0.579. The molecule has 0 aliphatic heterocycles. The summed E-state index contributed by atoms with van der Waals surface area (Å²) in [5, 5.41) is 3.69. The summed E-state index contributed by atoms with van der Waals surface area (Å²) >= 11 is 6.04. The predicted molar refractivity (Wildman–Crippen MR) is 108 cm³/mol. The lowest BCUT2D eigenvalue weighted by Crippen LogP contribution is -2.09. The van der Waals surface area contributed by atoms with Crippen LogP contribution in [0, 0.1) is 6.92 Å². The summed E-state index contributed by atoms with van der Waals surface area (Å²) in [6, 6.07) is 12.2. The normalized spacial score (nSPS) is 10.4. The third-order valence-corrected chi connectivity index (χ3v) is 4.29. The number of aryl methyl sites for hydroxylation is 1. The number of esters is 1. The Morgan fingerprint density at radius 3 is 2.75 bits per heavy atom. The second-order valence-corrected chi connectivity index (χ2v) is 6.25. The minimum atomic E-state index is -0.439. The molecule has 28 heavy (non-hydrogen) atoms. The topological polar surface area (TPSA) is 99.4 Å². The van der Waals surface area contributed by atoms with Gasteiger partial charge in [-0.1, -0.05) is 23.7 Å². The van der Waals surface area contributed by atoms with Gasteiger partial charge in [0.25, 0.3) is 0 Å². The third kappa shape index (κ3) is 4.32. The van der Waals surface area contributed by atoms with Crippen molar-refractivity contribution in [2.75, 3.05) is 17.7 Å². The van der Waals surface area contributed by atoms with Gasteiger partial charge in [0.1, 0.15) is 17.8 Å². The Balaban J connectivity index is 1.88. The molecule has 144 valence electrons. The molecule has 0 saturated carbocycles. The number of anilines is 3. The molecule has 0 bridgehead atoms. The molecule has 0 unspecified atom stereocenters. The van der Waals surface area contributed by atoms with Crippen LogP contribution in [0.1, 0.15) is 22.8 Å². The molecule has 0 fully saturated rings. The van der Waals surface area contributed by atoms with E-state index in [9.17, 15) is 4.79 Å². The van der Waals surface area contributed by atoms with Crippen molar-refractivity contribution in [1.29, 1.82) is 0 Å². The fraction of sp³-hybridized carbons (Fsp3) is 0.150. The zero-order valence-electron chi connectivity index (χ0n) is 15.4. The van der Waals surface area contributed by atoms with Crippen molar-refractivity contribution in [3.8, 4) is 11.6 Å². The van der Waals surface area contributed by atoms with Crippen molar-refractivity contribution >= 4 is 34.8 Å². The third-order valence-electron chi connectivity index (χ3n) is 3.87. The Morgan fingerprint density at radius 2 is 2.00 bits per heavy atom. The van der Waals surface area contributed by atoms with Crippen LogP contribution in [-0.2, 0) is 4.74 Å². The number of carbonyl (C=O) groups is 1. The zero-order valence-corrected chi connectivity index (χ0v) is 16.2. The first-order valence-corrected chi connectivity index (χ1v) is 8.95. The average Bonchev–Trinajstić information content (AvgIpc) is 2.68. The summed E-state index contributed by atoms with van der Waals surface area (Å²) in [7, 11) is 0. The average molecular weight is 399 g/mol. The van der Waals surface area contributed by atoms with Crippen LogP contribution in [0.5, 0.6) is 11.6 Å².